The maximum atomic E-state index is 8.32. The van der Waals surface area contributed by atoms with Crippen molar-refractivity contribution in [3.63, 3.8) is 0 Å². The molecule has 19 heavy (non-hydrogen) atoms. The SMILES string of the molecule is CCCC(C)[C@H](C)C(=N)/C(C)=C/C(C)=C(C)/C=C\S. The van der Waals surface area contributed by atoms with Crippen LogP contribution in [0.1, 0.15) is 54.4 Å². The van der Waals surface area contributed by atoms with E-state index in [0.717, 1.165) is 11.3 Å². The first kappa shape index (κ1) is 18.2. The van der Waals surface area contributed by atoms with Gasteiger partial charge in [0, 0.05) is 11.6 Å². The second kappa shape index (κ2) is 9.19. The largest absolute Gasteiger partial charge is 0.305 e. The zero-order valence-electron chi connectivity index (χ0n) is 13.2. The summed E-state index contributed by atoms with van der Waals surface area (Å²) in [6, 6.07) is 0. The standard InChI is InChI=1S/C17H29NS/c1-7-8-13(3)16(6)17(18)15(5)11-14(4)12(2)9-10-19/h9-11,13,16,18-19H,7-8H2,1-6H3/b10-9-,14-12+,15-11+,18-17?/t13?,16-/m0/s1. The van der Waals surface area contributed by atoms with Crippen molar-refractivity contribution in [1.82, 2.24) is 0 Å². The number of thiol groups is 1. The molecular formula is C17H29NS. The predicted octanol–water partition coefficient (Wildman–Crippen LogP) is 5.80. The van der Waals surface area contributed by atoms with Crippen LogP contribution in [0, 0.1) is 17.2 Å². The summed E-state index contributed by atoms with van der Waals surface area (Å²) in [7, 11) is 0. The van der Waals surface area contributed by atoms with Crippen LogP contribution in [-0.2, 0) is 0 Å². The summed E-state index contributed by atoms with van der Waals surface area (Å²) in [5.41, 5.74) is 4.22. The molecule has 0 aromatic rings. The average Bonchev–Trinajstić information content (AvgIpc) is 2.37. The number of rotatable bonds is 7. The van der Waals surface area contributed by atoms with Gasteiger partial charge in [-0.25, -0.2) is 0 Å². The molecule has 1 unspecified atom stereocenters. The van der Waals surface area contributed by atoms with Gasteiger partial charge >= 0.3 is 0 Å². The lowest BCUT2D eigenvalue weighted by Gasteiger charge is -2.21. The van der Waals surface area contributed by atoms with Crippen LogP contribution < -0.4 is 0 Å². The fourth-order valence-electron chi connectivity index (χ4n) is 2.11. The fraction of sp³-hybridized carbons (Fsp3) is 0.588. The van der Waals surface area contributed by atoms with Crippen molar-refractivity contribution < 1.29 is 0 Å². The monoisotopic (exact) mass is 279 g/mol. The maximum Gasteiger partial charge on any atom is 0.0373 e. The van der Waals surface area contributed by atoms with Crippen LogP contribution in [0.3, 0.4) is 0 Å². The molecule has 0 rings (SSSR count). The number of allylic oxidation sites excluding steroid dienone is 5. The Morgan fingerprint density at radius 1 is 1.16 bits per heavy atom. The third kappa shape index (κ3) is 6.29. The van der Waals surface area contributed by atoms with Crippen LogP contribution >= 0.6 is 12.6 Å². The molecule has 2 atom stereocenters. The van der Waals surface area contributed by atoms with Gasteiger partial charge in [-0.2, -0.15) is 12.6 Å². The zero-order valence-corrected chi connectivity index (χ0v) is 14.1. The molecule has 0 saturated heterocycles. The highest BCUT2D eigenvalue weighted by Gasteiger charge is 2.17. The van der Waals surface area contributed by atoms with Crippen molar-refractivity contribution in [2.24, 2.45) is 11.8 Å². The van der Waals surface area contributed by atoms with E-state index in [0.29, 0.717) is 11.8 Å². The van der Waals surface area contributed by atoms with Gasteiger partial charge in [0.25, 0.3) is 0 Å². The lowest BCUT2D eigenvalue weighted by atomic mass is 9.85. The first-order chi connectivity index (χ1) is 8.84. The van der Waals surface area contributed by atoms with Gasteiger partial charge in [0.1, 0.15) is 0 Å². The molecule has 0 heterocycles. The van der Waals surface area contributed by atoms with Crippen molar-refractivity contribution in [2.45, 2.75) is 54.4 Å². The lowest BCUT2D eigenvalue weighted by Crippen LogP contribution is -2.19. The Bertz CT molecular complexity index is 388. The predicted molar refractivity (Wildman–Crippen MR) is 91.2 cm³/mol. The molecule has 1 N–H and O–H groups in total. The van der Waals surface area contributed by atoms with Gasteiger partial charge in [-0.15, -0.1) is 0 Å². The van der Waals surface area contributed by atoms with E-state index in [4.69, 9.17) is 5.41 Å². The van der Waals surface area contributed by atoms with E-state index >= 15 is 0 Å². The van der Waals surface area contributed by atoms with Crippen LogP contribution in [0.25, 0.3) is 0 Å². The van der Waals surface area contributed by atoms with Gasteiger partial charge in [0.2, 0.25) is 0 Å². The summed E-state index contributed by atoms with van der Waals surface area (Å²) in [5.74, 6) is 0.897. The van der Waals surface area contributed by atoms with Gasteiger partial charge in [-0.05, 0) is 48.8 Å². The van der Waals surface area contributed by atoms with Crippen LogP contribution in [0.4, 0.5) is 0 Å². The molecule has 0 amide bonds. The molecule has 0 aliphatic carbocycles. The molecule has 2 heteroatoms. The molecule has 0 fully saturated rings. The second-order valence-electron chi connectivity index (χ2n) is 5.48. The van der Waals surface area contributed by atoms with Crippen LogP contribution in [-0.4, -0.2) is 5.71 Å². The molecule has 0 aromatic heterocycles. The molecule has 108 valence electrons. The Kier molecular flexibility index (Phi) is 8.82. The van der Waals surface area contributed by atoms with Crippen LogP contribution in [0.15, 0.2) is 34.3 Å². The summed E-state index contributed by atoms with van der Waals surface area (Å²) in [6.07, 6.45) is 6.47. The van der Waals surface area contributed by atoms with E-state index < -0.39 is 0 Å². The van der Waals surface area contributed by atoms with E-state index in [1.165, 1.54) is 24.0 Å². The van der Waals surface area contributed by atoms with E-state index in [2.05, 4.69) is 53.3 Å². The maximum absolute atomic E-state index is 8.32. The minimum atomic E-state index is 0.324. The van der Waals surface area contributed by atoms with Gasteiger partial charge in [0.05, 0.1) is 0 Å². The Labute approximate surface area is 124 Å². The number of nitrogens with one attached hydrogen (secondary N) is 1. The first-order valence-corrected chi connectivity index (χ1v) is 7.62. The Balaban J connectivity index is 4.96. The minimum absolute atomic E-state index is 0.324. The van der Waals surface area contributed by atoms with Crippen molar-refractivity contribution >= 4 is 18.3 Å². The highest BCUT2D eigenvalue weighted by atomic mass is 32.1. The van der Waals surface area contributed by atoms with Crippen LogP contribution in [0.2, 0.25) is 0 Å². The summed E-state index contributed by atoms with van der Waals surface area (Å²) in [6.45, 7) is 12.8. The molecule has 0 aromatic carbocycles. The Morgan fingerprint density at radius 3 is 2.21 bits per heavy atom. The van der Waals surface area contributed by atoms with Gasteiger partial charge < -0.3 is 5.41 Å². The normalized spacial score (nSPS) is 17.3. The number of hydrogen-bond donors (Lipinski definition) is 2. The summed E-state index contributed by atoms with van der Waals surface area (Å²) >= 11 is 4.09. The van der Waals surface area contributed by atoms with Crippen molar-refractivity contribution in [3.8, 4) is 0 Å². The fourth-order valence-corrected chi connectivity index (χ4v) is 2.33. The van der Waals surface area contributed by atoms with E-state index in [1.54, 1.807) is 5.41 Å². The van der Waals surface area contributed by atoms with E-state index in [9.17, 15) is 0 Å². The quantitative estimate of drug-likeness (QED) is 0.334. The van der Waals surface area contributed by atoms with Gasteiger partial charge in [-0.3, -0.25) is 0 Å². The molecular weight excluding hydrogens is 250 g/mol. The molecule has 0 bridgehead atoms. The second-order valence-corrected chi connectivity index (χ2v) is 5.78. The third-order valence-electron chi connectivity index (χ3n) is 3.86. The van der Waals surface area contributed by atoms with Gasteiger partial charge in [0.15, 0.2) is 0 Å². The summed E-state index contributed by atoms with van der Waals surface area (Å²) in [4.78, 5) is 0. The van der Waals surface area contributed by atoms with Crippen molar-refractivity contribution in [2.75, 3.05) is 0 Å². The number of hydrogen-bond acceptors (Lipinski definition) is 2. The van der Waals surface area contributed by atoms with Crippen molar-refractivity contribution in [3.05, 3.63) is 34.3 Å². The third-order valence-corrected chi connectivity index (χ3v) is 4.01. The molecule has 0 aliphatic rings. The lowest BCUT2D eigenvalue weighted by molar-refractivity contribution is 0.443. The summed E-state index contributed by atoms with van der Waals surface area (Å²) < 4.78 is 0. The molecule has 0 spiro atoms. The minimum Gasteiger partial charge on any atom is -0.305 e. The molecule has 1 nitrogen and oxygen atoms in total. The van der Waals surface area contributed by atoms with Crippen LogP contribution in [0.5, 0.6) is 0 Å². The summed E-state index contributed by atoms with van der Waals surface area (Å²) in [5, 5.41) is 10.1. The molecule has 0 radical (unpaired) electrons. The van der Waals surface area contributed by atoms with E-state index in [1.807, 2.05) is 13.0 Å². The van der Waals surface area contributed by atoms with Gasteiger partial charge in [-0.1, -0.05) is 45.8 Å². The first-order valence-electron chi connectivity index (χ1n) is 7.10. The highest BCUT2D eigenvalue weighted by Crippen LogP contribution is 2.22. The zero-order chi connectivity index (χ0) is 15.0. The Morgan fingerprint density at radius 2 is 1.74 bits per heavy atom. The van der Waals surface area contributed by atoms with E-state index in [-0.39, 0.29) is 0 Å². The topological polar surface area (TPSA) is 23.9 Å². The molecule has 0 saturated carbocycles. The average molecular weight is 279 g/mol. The smallest absolute Gasteiger partial charge is 0.0373 e. The Hall–Kier alpha value is -0.760. The highest BCUT2D eigenvalue weighted by molar-refractivity contribution is 7.83. The molecule has 0 aliphatic heterocycles. The van der Waals surface area contributed by atoms with Crippen molar-refractivity contribution in [1.29, 1.82) is 5.41 Å².